The molecule has 0 spiro atoms. The van der Waals surface area contributed by atoms with Crippen molar-refractivity contribution in [2.75, 3.05) is 14.1 Å². The lowest BCUT2D eigenvalue weighted by atomic mass is 9.79. The lowest BCUT2D eigenvalue weighted by Crippen LogP contribution is -2.36. The summed E-state index contributed by atoms with van der Waals surface area (Å²) < 4.78 is 0. The molecule has 1 saturated carbocycles. The summed E-state index contributed by atoms with van der Waals surface area (Å²) in [5.41, 5.74) is 8.38. The van der Waals surface area contributed by atoms with Crippen LogP contribution in [0.25, 0.3) is 10.4 Å². The molecule has 3 atom stereocenters. The third-order valence-electron chi connectivity index (χ3n) is 3.11. The Morgan fingerprint density at radius 3 is 2.60 bits per heavy atom. The maximum atomic E-state index is 11.7. The van der Waals surface area contributed by atoms with Gasteiger partial charge in [-0.3, -0.25) is 4.79 Å². The number of hydrogen-bond donors (Lipinski definition) is 0. The Morgan fingerprint density at radius 2 is 2.13 bits per heavy atom. The van der Waals surface area contributed by atoms with Gasteiger partial charge in [0.25, 0.3) is 0 Å². The van der Waals surface area contributed by atoms with Crippen molar-refractivity contribution >= 4 is 5.91 Å². The average molecular weight is 210 g/mol. The summed E-state index contributed by atoms with van der Waals surface area (Å²) in [4.78, 5) is 16.2. The quantitative estimate of drug-likeness (QED) is 0.391. The van der Waals surface area contributed by atoms with Gasteiger partial charge in [-0.1, -0.05) is 12.0 Å². The first kappa shape index (κ1) is 11.9. The van der Waals surface area contributed by atoms with Gasteiger partial charge in [-0.2, -0.15) is 0 Å². The third-order valence-corrected chi connectivity index (χ3v) is 3.11. The molecule has 84 valence electrons. The van der Waals surface area contributed by atoms with Crippen molar-refractivity contribution in [3.63, 3.8) is 0 Å². The van der Waals surface area contributed by atoms with E-state index in [4.69, 9.17) is 5.53 Å². The normalized spacial score (nSPS) is 30.5. The largest absolute Gasteiger partial charge is 0.349 e. The lowest BCUT2D eigenvalue weighted by molar-refractivity contribution is -0.134. The van der Waals surface area contributed by atoms with Gasteiger partial charge in [0.15, 0.2) is 0 Å². The minimum absolute atomic E-state index is 0.0706. The van der Waals surface area contributed by atoms with Crippen LogP contribution in [-0.4, -0.2) is 30.9 Å². The summed E-state index contributed by atoms with van der Waals surface area (Å²) in [5.74, 6) is 0.616. The maximum Gasteiger partial charge on any atom is 0.225 e. The zero-order valence-electron chi connectivity index (χ0n) is 9.55. The fraction of sp³-hybridized carbons (Fsp3) is 0.900. The molecule has 0 saturated heterocycles. The molecule has 1 aliphatic rings. The number of rotatable bonds is 2. The molecule has 15 heavy (non-hydrogen) atoms. The number of nitrogens with zero attached hydrogens (tertiary/aromatic N) is 4. The summed E-state index contributed by atoms with van der Waals surface area (Å²) in [6, 6.07) is 0.0706. The summed E-state index contributed by atoms with van der Waals surface area (Å²) in [5, 5.41) is 3.76. The highest BCUT2D eigenvalue weighted by molar-refractivity contribution is 5.78. The van der Waals surface area contributed by atoms with E-state index in [0.29, 0.717) is 5.92 Å². The molecule has 1 fully saturated rings. The van der Waals surface area contributed by atoms with Crippen LogP contribution in [0.2, 0.25) is 0 Å². The van der Waals surface area contributed by atoms with Crippen LogP contribution in [0.1, 0.15) is 26.2 Å². The standard InChI is InChI=1S/C10H18N4O/c1-7-6-8(10(15)14(2)3)4-5-9(7)12-13-11/h7-9H,4-6H2,1-3H3/t7-,8+,9+/m1/s1. The van der Waals surface area contributed by atoms with Gasteiger partial charge in [0.2, 0.25) is 5.91 Å². The Hall–Kier alpha value is -1.22. The van der Waals surface area contributed by atoms with E-state index < -0.39 is 0 Å². The van der Waals surface area contributed by atoms with Crippen molar-refractivity contribution in [2.45, 2.75) is 32.2 Å². The molecule has 1 rings (SSSR count). The number of amides is 1. The third kappa shape index (κ3) is 2.86. The van der Waals surface area contributed by atoms with Gasteiger partial charge in [-0.05, 0) is 30.7 Å². The van der Waals surface area contributed by atoms with Crippen molar-refractivity contribution in [3.05, 3.63) is 10.4 Å². The minimum atomic E-state index is 0.0706. The Morgan fingerprint density at radius 1 is 1.47 bits per heavy atom. The number of carbonyl (C=O) groups excluding carboxylic acids is 1. The number of carbonyl (C=O) groups is 1. The summed E-state index contributed by atoms with van der Waals surface area (Å²) in [7, 11) is 3.57. The van der Waals surface area contributed by atoms with E-state index in [1.165, 1.54) is 0 Å². The SMILES string of the molecule is C[C@@H]1C[C@@H](C(=O)N(C)C)CC[C@@H]1N=[N+]=[N-]. The van der Waals surface area contributed by atoms with E-state index in [1.54, 1.807) is 19.0 Å². The smallest absolute Gasteiger partial charge is 0.225 e. The molecule has 0 aliphatic heterocycles. The van der Waals surface area contributed by atoms with Gasteiger partial charge >= 0.3 is 0 Å². The van der Waals surface area contributed by atoms with Crippen LogP contribution in [-0.2, 0) is 4.79 Å². The molecule has 0 aromatic heterocycles. The van der Waals surface area contributed by atoms with Crippen molar-refractivity contribution in [3.8, 4) is 0 Å². The zero-order valence-corrected chi connectivity index (χ0v) is 9.55. The summed E-state index contributed by atoms with van der Waals surface area (Å²) >= 11 is 0. The maximum absolute atomic E-state index is 11.7. The molecule has 0 radical (unpaired) electrons. The lowest BCUT2D eigenvalue weighted by Gasteiger charge is -2.32. The second-order valence-corrected chi connectivity index (χ2v) is 4.49. The van der Waals surface area contributed by atoms with Crippen LogP contribution in [0, 0.1) is 11.8 Å². The molecule has 5 nitrogen and oxygen atoms in total. The fourth-order valence-corrected chi connectivity index (χ4v) is 2.21. The molecule has 0 aromatic rings. The molecule has 0 N–H and O–H groups in total. The van der Waals surface area contributed by atoms with E-state index in [9.17, 15) is 4.79 Å². The van der Waals surface area contributed by atoms with Crippen molar-refractivity contribution in [2.24, 2.45) is 17.0 Å². The summed E-state index contributed by atoms with van der Waals surface area (Å²) in [6.07, 6.45) is 2.50. The first-order chi connectivity index (χ1) is 7.06. The number of hydrogen-bond acceptors (Lipinski definition) is 2. The van der Waals surface area contributed by atoms with E-state index in [1.807, 2.05) is 0 Å². The van der Waals surface area contributed by atoms with Gasteiger partial charge in [-0.25, -0.2) is 0 Å². The van der Waals surface area contributed by atoms with Gasteiger partial charge in [0.1, 0.15) is 0 Å². The number of azide groups is 1. The van der Waals surface area contributed by atoms with E-state index in [0.717, 1.165) is 19.3 Å². The molecular weight excluding hydrogens is 192 g/mol. The van der Waals surface area contributed by atoms with Crippen LogP contribution < -0.4 is 0 Å². The van der Waals surface area contributed by atoms with E-state index >= 15 is 0 Å². The highest BCUT2D eigenvalue weighted by Crippen LogP contribution is 2.31. The van der Waals surface area contributed by atoms with Crippen LogP contribution in [0.3, 0.4) is 0 Å². The van der Waals surface area contributed by atoms with Crippen LogP contribution in [0.5, 0.6) is 0 Å². The molecular formula is C10H18N4O. The second-order valence-electron chi connectivity index (χ2n) is 4.49. The van der Waals surface area contributed by atoms with E-state index in [2.05, 4.69) is 16.9 Å². The van der Waals surface area contributed by atoms with Gasteiger partial charge in [0.05, 0.1) is 0 Å². The topological polar surface area (TPSA) is 69.1 Å². The Labute approximate surface area is 90.1 Å². The molecule has 0 aromatic carbocycles. The fourth-order valence-electron chi connectivity index (χ4n) is 2.21. The van der Waals surface area contributed by atoms with Gasteiger partial charge in [-0.15, -0.1) is 0 Å². The highest BCUT2D eigenvalue weighted by Gasteiger charge is 2.31. The Balaban J connectivity index is 2.58. The first-order valence-corrected chi connectivity index (χ1v) is 5.31. The van der Waals surface area contributed by atoms with Crippen molar-refractivity contribution in [1.82, 2.24) is 4.90 Å². The van der Waals surface area contributed by atoms with Crippen LogP contribution >= 0.6 is 0 Å². The molecule has 5 heteroatoms. The molecule has 0 heterocycles. The molecule has 1 amide bonds. The predicted octanol–water partition coefficient (Wildman–Crippen LogP) is 2.19. The van der Waals surface area contributed by atoms with Crippen LogP contribution in [0.15, 0.2) is 5.11 Å². The van der Waals surface area contributed by atoms with Crippen LogP contribution in [0.4, 0.5) is 0 Å². The predicted molar refractivity (Wildman–Crippen MR) is 58.1 cm³/mol. The second kappa shape index (κ2) is 5.03. The first-order valence-electron chi connectivity index (χ1n) is 5.31. The molecule has 0 bridgehead atoms. The van der Waals surface area contributed by atoms with Crippen molar-refractivity contribution < 1.29 is 4.79 Å². The minimum Gasteiger partial charge on any atom is -0.349 e. The van der Waals surface area contributed by atoms with Gasteiger partial charge < -0.3 is 4.90 Å². The zero-order chi connectivity index (χ0) is 11.4. The van der Waals surface area contributed by atoms with Crippen molar-refractivity contribution in [1.29, 1.82) is 0 Å². The van der Waals surface area contributed by atoms with Gasteiger partial charge in [0, 0.05) is 31.0 Å². The van der Waals surface area contributed by atoms with E-state index in [-0.39, 0.29) is 17.9 Å². The Kier molecular flexibility index (Phi) is 3.97. The molecule has 0 unspecified atom stereocenters. The highest BCUT2D eigenvalue weighted by atomic mass is 16.2. The molecule has 1 aliphatic carbocycles. The summed E-state index contributed by atoms with van der Waals surface area (Å²) in [6.45, 7) is 2.05. The average Bonchev–Trinajstić information content (AvgIpc) is 2.20. The Bertz CT molecular complexity index is 283. The monoisotopic (exact) mass is 210 g/mol.